The maximum absolute atomic E-state index is 13.3. The summed E-state index contributed by atoms with van der Waals surface area (Å²) in [5, 5.41) is 12.1. The van der Waals surface area contributed by atoms with Gasteiger partial charge in [0.25, 0.3) is 5.91 Å². The van der Waals surface area contributed by atoms with E-state index in [0.29, 0.717) is 56.7 Å². The Kier molecular flexibility index (Phi) is 9.06. The fourth-order valence-electron chi connectivity index (χ4n) is 4.69. The van der Waals surface area contributed by atoms with Gasteiger partial charge in [-0.3, -0.25) is 19.8 Å². The molecule has 0 saturated carbocycles. The van der Waals surface area contributed by atoms with Gasteiger partial charge in [-0.15, -0.1) is 0 Å². The van der Waals surface area contributed by atoms with Gasteiger partial charge in [-0.1, -0.05) is 0 Å². The van der Waals surface area contributed by atoms with Crippen LogP contribution in [0.1, 0.15) is 53.4 Å². The fourth-order valence-corrected chi connectivity index (χ4v) is 4.69. The lowest BCUT2D eigenvalue weighted by Gasteiger charge is -2.29. The second-order valence-corrected chi connectivity index (χ2v) is 9.58. The summed E-state index contributed by atoms with van der Waals surface area (Å²) in [6, 6.07) is 4.88. The zero-order chi connectivity index (χ0) is 27.9. The van der Waals surface area contributed by atoms with Crippen LogP contribution in [-0.2, 0) is 27.2 Å². The van der Waals surface area contributed by atoms with Crippen molar-refractivity contribution in [3.8, 4) is 11.8 Å². The van der Waals surface area contributed by atoms with Crippen LogP contribution in [0, 0.1) is 11.3 Å². The number of anilines is 2. The Hall–Kier alpha value is -4.08. The number of hydrogen-bond acceptors (Lipinski definition) is 9. The Morgan fingerprint density at radius 3 is 2.90 bits per heavy atom. The van der Waals surface area contributed by atoms with Crippen LogP contribution in [0.15, 0.2) is 18.3 Å². The van der Waals surface area contributed by atoms with E-state index < -0.39 is 12.1 Å². The third-order valence-electron chi connectivity index (χ3n) is 6.57. The maximum Gasteiger partial charge on any atom is 0.328 e. The van der Waals surface area contributed by atoms with Gasteiger partial charge in [0.2, 0.25) is 0 Å². The summed E-state index contributed by atoms with van der Waals surface area (Å²) < 4.78 is 16.4. The van der Waals surface area contributed by atoms with Gasteiger partial charge >= 0.3 is 6.03 Å². The van der Waals surface area contributed by atoms with Crippen molar-refractivity contribution in [2.45, 2.75) is 51.4 Å². The number of nitriles is 1. The van der Waals surface area contributed by atoms with Crippen molar-refractivity contribution in [1.29, 1.82) is 5.26 Å². The second-order valence-electron chi connectivity index (χ2n) is 9.58. The summed E-state index contributed by atoms with van der Waals surface area (Å²) in [5.41, 5.74) is 1.81. The summed E-state index contributed by atoms with van der Waals surface area (Å²) in [7, 11) is 3.23. The third kappa shape index (κ3) is 6.50. The van der Waals surface area contributed by atoms with E-state index in [2.05, 4.69) is 15.3 Å². The van der Waals surface area contributed by atoms with Crippen molar-refractivity contribution in [2.75, 3.05) is 44.1 Å². The van der Waals surface area contributed by atoms with Crippen molar-refractivity contribution < 1.29 is 28.6 Å². The molecule has 0 radical (unpaired) electrons. The number of nitrogens with one attached hydrogen (secondary N) is 1. The number of aromatic nitrogens is 2. The van der Waals surface area contributed by atoms with Crippen molar-refractivity contribution in [3.63, 3.8) is 0 Å². The zero-order valence-corrected chi connectivity index (χ0v) is 22.3. The van der Waals surface area contributed by atoms with E-state index >= 15 is 0 Å². The van der Waals surface area contributed by atoms with Gasteiger partial charge in [-0.05, 0) is 44.2 Å². The predicted molar refractivity (Wildman–Crippen MR) is 141 cm³/mol. The standard InChI is InChI=1S/C27H32N6O6/c1-17(16-37-3)39-23-11-24(29-13-20(23)12-28)31-27(36)33-8-4-6-18-10-19(21(15-34)30-25(18)33)14-32(2)26(35)22-7-5-9-38-22/h10-11,13,15,17,22H,4-9,14,16H2,1-3H3,(H,29,31,36)/t17?,22-/m0/s1. The molecule has 2 aliphatic rings. The first kappa shape index (κ1) is 27.9. The summed E-state index contributed by atoms with van der Waals surface area (Å²) in [5.74, 6) is 0.737. The van der Waals surface area contributed by atoms with Crippen LogP contribution < -0.4 is 15.0 Å². The molecular formula is C27H32N6O6. The molecule has 2 aromatic heterocycles. The third-order valence-corrected chi connectivity index (χ3v) is 6.57. The van der Waals surface area contributed by atoms with E-state index in [1.54, 1.807) is 26.0 Å². The molecule has 2 atom stereocenters. The summed E-state index contributed by atoms with van der Waals surface area (Å²) in [4.78, 5) is 49.6. The van der Waals surface area contributed by atoms with Gasteiger partial charge in [0.1, 0.15) is 46.9 Å². The molecular weight excluding hydrogens is 504 g/mol. The number of carbonyl (C=O) groups is 3. The number of urea groups is 1. The van der Waals surface area contributed by atoms with E-state index in [0.717, 1.165) is 12.0 Å². The minimum atomic E-state index is -0.480. The molecule has 1 saturated heterocycles. The van der Waals surface area contributed by atoms with Crippen molar-refractivity contribution in [1.82, 2.24) is 14.9 Å². The van der Waals surface area contributed by atoms with Crippen molar-refractivity contribution in [3.05, 3.63) is 40.7 Å². The second kappa shape index (κ2) is 12.6. The molecule has 1 fully saturated rings. The first-order chi connectivity index (χ1) is 18.8. The number of pyridine rings is 2. The first-order valence-corrected chi connectivity index (χ1v) is 12.8. The summed E-state index contributed by atoms with van der Waals surface area (Å²) in [6.45, 7) is 3.30. The van der Waals surface area contributed by atoms with Crippen LogP contribution >= 0.6 is 0 Å². The molecule has 1 unspecified atom stereocenters. The van der Waals surface area contributed by atoms with Crippen LogP contribution in [0.5, 0.6) is 5.75 Å². The SMILES string of the molecule is COCC(C)Oc1cc(NC(=O)N2CCCc3cc(CN(C)C(=O)[C@@H]4CCCO4)c(C=O)nc32)ncc1C#N. The first-order valence-electron chi connectivity index (χ1n) is 12.8. The number of fused-ring (bicyclic) bond motifs is 1. The molecule has 12 nitrogen and oxygen atoms in total. The average molecular weight is 537 g/mol. The Bertz CT molecular complexity index is 1270. The molecule has 206 valence electrons. The number of amides is 3. The van der Waals surface area contributed by atoms with Gasteiger partial charge in [0.05, 0.1) is 12.8 Å². The van der Waals surface area contributed by atoms with E-state index in [4.69, 9.17) is 14.2 Å². The van der Waals surface area contributed by atoms with Crippen molar-refractivity contribution >= 4 is 29.9 Å². The Morgan fingerprint density at radius 1 is 1.38 bits per heavy atom. The number of ether oxygens (including phenoxy) is 3. The Morgan fingerprint density at radius 2 is 2.21 bits per heavy atom. The van der Waals surface area contributed by atoms with E-state index in [-0.39, 0.29) is 41.4 Å². The number of likely N-dealkylation sites (N-methyl/N-ethyl adjacent to an activating group) is 1. The maximum atomic E-state index is 13.3. The molecule has 1 N–H and O–H groups in total. The highest BCUT2D eigenvalue weighted by Gasteiger charge is 2.29. The Balaban J connectivity index is 1.52. The molecule has 12 heteroatoms. The lowest BCUT2D eigenvalue weighted by molar-refractivity contribution is -0.140. The van der Waals surface area contributed by atoms with Crippen LogP contribution in [0.4, 0.5) is 16.4 Å². The highest BCUT2D eigenvalue weighted by molar-refractivity contribution is 6.01. The molecule has 0 aromatic carbocycles. The topological polar surface area (TPSA) is 147 Å². The molecule has 0 bridgehead atoms. The average Bonchev–Trinajstić information content (AvgIpc) is 3.47. The molecule has 0 spiro atoms. The smallest absolute Gasteiger partial charge is 0.328 e. The predicted octanol–water partition coefficient (Wildman–Crippen LogP) is 2.70. The number of carbonyl (C=O) groups excluding carboxylic acids is 3. The quantitative estimate of drug-likeness (QED) is 0.478. The lowest BCUT2D eigenvalue weighted by Crippen LogP contribution is -2.40. The molecule has 4 heterocycles. The van der Waals surface area contributed by atoms with E-state index in [9.17, 15) is 19.6 Å². The van der Waals surface area contributed by atoms with Gasteiger partial charge in [0, 0.05) is 45.5 Å². The van der Waals surface area contributed by atoms with E-state index in [1.165, 1.54) is 17.2 Å². The van der Waals surface area contributed by atoms with Crippen LogP contribution in [0.25, 0.3) is 0 Å². The number of nitrogens with zero attached hydrogens (tertiary/aromatic N) is 5. The van der Waals surface area contributed by atoms with Crippen LogP contribution in [0.2, 0.25) is 0 Å². The van der Waals surface area contributed by atoms with Gasteiger partial charge < -0.3 is 19.1 Å². The lowest BCUT2D eigenvalue weighted by atomic mass is 10.0. The number of rotatable bonds is 9. The molecule has 4 rings (SSSR count). The highest BCUT2D eigenvalue weighted by atomic mass is 16.5. The number of aryl methyl sites for hydroxylation is 1. The molecule has 0 aliphatic carbocycles. The number of methoxy groups -OCH3 is 1. The van der Waals surface area contributed by atoms with Gasteiger partial charge in [0.15, 0.2) is 6.29 Å². The summed E-state index contributed by atoms with van der Waals surface area (Å²) in [6.07, 6.45) is 4.09. The van der Waals surface area contributed by atoms with Crippen LogP contribution in [0.3, 0.4) is 0 Å². The largest absolute Gasteiger partial charge is 0.487 e. The molecule has 3 amide bonds. The number of hydrogen-bond donors (Lipinski definition) is 1. The molecule has 2 aliphatic heterocycles. The zero-order valence-electron chi connectivity index (χ0n) is 22.3. The van der Waals surface area contributed by atoms with Gasteiger partial charge in [-0.2, -0.15) is 5.26 Å². The number of aldehydes is 1. The molecule has 39 heavy (non-hydrogen) atoms. The van der Waals surface area contributed by atoms with E-state index in [1.807, 2.05) is 12.1 Å². The monoisotopic (exact) mass is 536 g/mol. The highest BCUT2D eigenvalue weighted by Crippen LogP contribution is 2.29. The normalized spacial score (nSPS) is 17.1. The van der Waals surface area contributed by atoms with Gasteiger partial charge in [-0.25, -0.2) is 14.8 Å². The molecule has 2 aromatic rings. The minimum absolute atomic E-state index is 0.127. The summed E-state index contributed by atoms with van der Waals surface area (Å²) >= 11 is 0. The Labute approximate surface area is 226 Å². The minimum Gasteiger partial charge on any atom is -0.487 e. The fraction of sp³-hybridized carbons (Fsp3) is 0.481. The van der Waals surface area contributed by atoms with Crippen molar-refractivity contribution in [2.24, 2.45) is 0 Å². The van der Waals surface area contributed by atoms with Crippen LogP contribution in [-0.4, -0.2) is 79.2 Å².